The summed E-state index contributed by atoms with van der Waals surface area (Å²) in [6, 6.07) is 15.7. The summed E-state index contributed by atoms with van der Waals surface area (Å²) in [4.78, 5) is 11.7. The Kier molecular flexibility index (Phi) is 4.62. The highest BCUT2D eigenvalue weighted by atomic mass is 79.9. The molecule has 0 bridgehead atoms. The molecule has 1 aromatic heterocycles. The van der Waals surface area contributed by atoms with E-state index in [4.69, 9.17) is 9.68 Å². The number of hydrogen-bond acceptors (Lipinski definition) is 5. The molecule has 0 fully saturated rings. The first kappa shape index (κ1) is 17.5. The highest BCUT2D eigenvalue weighted by Crippen LogP contribution is 2.39. The van der Waals surface area contributed by atoms with Gasteiger partial charge in [-0.3, -0.25) is 4.79 Å². The Morgan fingerprint density at radius 3 is 2.42 bits per heavy atom. The fraction of sp³-hybridized carbons (Fsp3) is 0.0500. The first-order valence-corrected chi connectivity index (χ1v) is 8.32. The lowest BCUT2D eigenvalue weighted by Crippen LogP contribution is -1.99. The minimum absolute atomic E-state index is 0.262. The van der Waals surface area contributed by atoms with Gasteiger partial charge in [-0.05, 0) is 42.5 Å². The molecular formula is C20H11BrN2O3. The molecule has 3 rings (SSSR count). The lowest BCUT2D eigenvalue weighted by atomic mass is 9.99. The summed E-state index contributed by atoms with van der Waals surface area (Å²) in [5.74, 6) is -0.662. The summed E-state index contributed by atoms with van der Waals surface area (Å²) < 4.78 is 6.65. The van der Waals surface area contributed by atoms with Crippen molar-refractivity contribution in [2.45, 2.75) is 6.92 Å². The quantitative estimate of drug-likeness (QED) is 0.369. The molecule has 0 atom stereocenters. The van der Waals surface area contributed by atoms with Crippen LogP contribution >= 0.6 is 15.9 Å². The second-order valence-electron chi connectivity index (χ2n) is 5.53. The van der Waals surface area contributed by atoms with Gasteiger partial charge in [-0.1, -0.05) is 15.9 Å². The summed E-state index contributed by atoms with van der Waals surface area (Å²) in [5, 5.41) is 29.5. The van der Waals surface area contributed by atoms with E-state index in [0.717, 1.165) is 4.47 Å². The summed E-state index contributed by atoms with van der Waals surface area (Å²) >= 11 is 3.38. The van der Waals surface area contributed by atoms with Gasteiger partial charge in [-0.25, -0.2) is 0 Å². The number of aliphatic hydroxyl groups is 1. The predicted molar refractivity (Wildman–Crippen MR) is 99.9 cm³/mol. The number of aliphatic hydroxyl groups excluding tert-OH is 1. The Bertz CT molecular complexity index is 1140. The summed E-state index contributed by atoms with van der Waals surface area (Å²) in [6.45, 7) is 1.22. The van der Waals surface area contributed by atoms with Gasteiger partial charge in [0.25, 0.3) is 0 Å². The predicted octanol–water partition coefficient (Wildman–Crippen LogP) is 5.12. The van der Waals surface area contributed by atoms with Crippen molar-refractivity contribution < 1.29 is 14.3 Å². The minimum atomic E-state index is -0.542. The molecule has 0 radical (unpaired) electrons. The van der Waals surface area contributed by atoms with Crippen molar-refractivity contribution in [2.75, 3.05) is 0 Å². The van der Waals surface area contributed by atoms with Gasteiger partial charge in [-0.15, -0.1) is 0 Å². The lowest BCUT2D eigenvalue weighted by molar-refractivity contribution is -0.113. The largest absolute Gasteiger partial charge is 0.506 e. The van der Waals surface area contributed by atoms with Crippen LogP contribution in [0.15, 0.2) is 56.9 Å². The zero-order valence-corrected chi connectivity index (χ0v) is 15.2. The van der Waals surface area contributed by atoms with E-state index in [2.05, 4.69) is 15.9 Å². The number of halogens is 1. The van der Waals surface area contributed by atoms with Crippen molar-refractivity contribution in [3.05, 3.63) is 63.6 Å². The van der Waals surface area contributed by atoms with Crippen LogP contribution < -0.4 is 0 Å². The highest BCUT2D eigenvalue weighted by Gasteiger charge is 2.23. The molecule has 0 amide bonds. The van der Waals surface area contributed by atoms with E-state index in [0.29, 0.717) is 27.9 Å². The number of nitrogens with zero attached hydrogens (tertiary/aromatic N) is 2. The van der Waals surface area contributed by atoms with Crippen LogP contribution in [0.25, 0.3) is 28.1 Å². The Labute approximate surface area is 157 Å². The lowest BCUT2D eigenvalue weighted by Gasteiger charge is -2.05. The van der Waals surface area contributed by atoms with E-state index in [-0.39, 0.29) is 11.1 Å². The fourth-order valence-electron chi connectivity index (χ4n) is 2.63. The van der Waals surface area contributed by atoms with E-state index < -0.39 is 11.5 Å². The number of ketones is 1. The number of benzene rings is 2. The number of rotatable bonds is 3. The molecule has 3 aromatic rings. The van der Waals surface area contributed by atoms with E-state index in [9.17, 15) is 15.2 Å². The van der Waals surface area contributed by atoms with Gasteiger partial charge in [0.05, 0.1) is 17.2 Å². The summed E-state index contributed by atoms with van der Waals surface area (Å²) in [6.07, 6.45) is 0. The topological polar surface area (TPSA) is 98.0 Å². The van der Waals surface area contributed by atoms with Gasteiger partial charge >= 0.3 is 0 Å². The van der Waals surface area contributed by atoms with Crippen LogP contribution in [0.2, 0.25) is 0 Å². The zero-order chi connectivity index (χ0) is 18.8. The number of furan rings is 1. The molecular weight excluding hydrogens is 396 g/mol. The third-order valence-corrected chi connectivity index (χ3v) is 4.36. The van der Waals surface area contributed by atoms with E-state index in [1.807, 2.05) is 6.07 Å². The monoisotopic (exact) mass is 406 g/mol. The van der Waals surface area contributed by atoms with Crippen LogP contribution in [0.1, 0.15) is 18.1 Å². The van der Waals surface area contributed by atoms with Crippen LogP contribution in [0.4, 0.5) is 0 Å². The van der Waals surface area contributed by atoms with E-state index >= 15 is 0 Å². The Morgan fingerprint density at radius 2 is 1.85 bits per heavy atom. The normalized spacial score (nSPS) is 11.5. The summed E-state index contributed by atoms with van der Waals surface area (Å²) in [7, 11) is 0. The maximum absolute atomic E-state index is 11.7. The van der Waals surface area contributed by atoms with Gasteiger partial charge in [-0.2, -0.15) is 10.5 Å². The van der Waals surface area contributed by atoms with Gasteiger partial charge in [0.1, 0.15) is 28.7 Å². The van der Waals surface area contributed by atoms with Crippen molar-refractivity contribution in [1.82, 2.24) is 0 Å². The number of nitriles is 2. The number of carbonyl (C=O) groups is 1. The molecule has 2 aromatic carbocycles. The average Bonchev–Trinajstić information content (AvgIpc) is 3.00. The second kappa shape index (κ2) is 6.87. The minimum Gasteiger partial charge on any atom is -0.506 e. The molecule has 6 heteroatoms. The van der Waals surface area contributed by atoms with Gasteiger partial charge in [0.2, 0.25) is 0 Å². The average molecular weight is 407 g/mol. The van der Waals surface area contributed by atoms with Crippen LogP contribution in [0.5, 0.6) is 0 Å². The molecule has 1 N–H and O–H groups in total. The third-order valence-electron chi connectivity index (χ3n) is 3.86. The third kappa shape index (κ3) is 2.99. The number of carbonyl (C=O) groups excluding carboxylic acids is 1. The molecule has 0 spiro atoms. The molecule has 0 aliphatic rings. The van der Waals surface area contributed by atoms with Gasteiger partial charge in [0, 0.05) is 22.3 Å². The van der Waals surface area contributed by atoms with Crippen LogP contribution in [0, 0.1) is 22.7 Å². The molecule has 1 heterocycles. The molecule has 0 aliphatic heterocycles. The van der Waals surface area contributed by atoms with E-state index in [1.165, 1.54) is 6.92 Å². The van der Waals surface area contributed by atoms with Crippen LogP contribution in [0.3, 0.4) is 0 Å². The number of fused-ring (bicyclic) bond motifs is 1. The number of hydrogen-bond donors (Lipinski definition) is 1. The number of Topliss-reactive ketones (excluding diaryl/α,β-unsaturated/α-hetero) is 1. The standard InChI is InChI=1S/C20H11BrN2O3/c1-11(24)16(10-23)19(25)18-15-8-14(21)6-7-17(15)26-20(18)13-4-2-12(9-22)3-5-13/h2-8,25H,1H3/b19-16-. The number of allylic oxidation sites excluding steroid dienone is 1. The Morgan fingerprint density at radius 1 is 1.15 bits per heavy atom. The van der Waals surface area contributed by atoms with Crippen molar-refractivity contribution in [1.29, 1.82) is 10.5 Å². The van der Waals surface area contributed by atoms with Crippen LogP contribution in [-0.4, -0.2) is 10.9 Å². The van der Waals surface area contributed by atoms with Gasteiger partial charge in [0.15, 0.2) is 5.78 Å². The van der Waals surface area contributed by atoms with E-state index in [1.54, 1.807) is 48.5 Å². The molecule has 5 nitrogen and oxygen atoms in total. The van der Waals surface area contributed by atoms with Crippen molar-refractivity contribution in [3.63, 3.8) is 0 Å². The first-order valence-electron chi connectivity index (χ1n) is 7.53. The van der Waals surface area contributed by atoms with Crippen molar-refractivity contribution in [2.24, 2.45) is 0 Å². The Hall–Kier alpha value is -3.35. The molecule has 126 valence electrons. The molecule has 26 heavy (non-hydrogen) atoms. The maximum atomic E-state index is 11.7. The molecule has 0 aliphatic carbocycles. The smallest absolute Gasteiger partial charge is 0.174 e. The van der Waals surface area contributed by atoms with Crippen molar-refractivity contribution in [3.8, 4) is 23.5 Å². The Balaban J connectivity index is 2.38. The zero-order valence-electron chi connectivity index (χ0n) is 13.6. The van der Waals surface area contributed by atoms with Crippen molar-refractivity contribution >= 4 is 38.4 Å². The maximum Gasteiger partial charge on any atom is 0.174 e. The highest BCUT2D eigenvalue weighted by molar-refractivity contribution is 9.10. The fourth-order valence-corrected chi connectivity index (χ4v) is 2.99. The van der Waals surface area contributed by atoms with Crippen LogP contribution in [-0.2, 0) is 4.79 Å². The second-order valence-corrected chi connectivity index (χ2v) is 6.44. The SMILES string of the molecule is CC(=O)/C(C#N)=C(\O)c1c(-c2ccc(C#N)cc2)oc2ccc(Br)cc12. The molecule has 0 saturated carbocycles. The molecule has 0 unspecified atom stereocenters. The summed E-state index contributed by atoms with van der Waals surface area (Å²) in [5.41, 5.74) is 1.50. The molecule has 0 saturated heterocycles. The first-order chi connectivity index (χ1) is 12.5. The van der Waals surface area contributed by atoms with Gasteiger partial charge < -0.3 is 9.52 Å².